The van der Waals surface area contributed by atoms with Crippen LogP contribution in [0.4, 0.5) is 13.2 Å². The lowest BCUT2D eigenvalue weighted by atomic mass is 10.2. The van der Waals surface area contributed by atoms with Gasteiger partial charge in [-0.15, -0.1) is 0 Å². The van der Waals surface area contributed by atoms with Crippen LogP contribution >= 0.6 is 0 Å². The Labute approximate surface area is 110 Å². The number of hydrogen-bond donors (Lipinski definition) is 0. The number of benzene rings is 1. The molecule has 0 saturated heterocycles. The molecule has 1 rings (SSSR count). The highest BCUT2D eigenvalue weighted by atomic mass is 19.4. The van der Waals surface area contributed by atoms with E-state index in [1.54, 1.807) is 24.3 Å². The Hall–Kier alpha value is -1.72. The van der Waals surface area contributed by atoms with Crippen molar-refractivity contribution in [2.45, 2.75) is 20.0 Å². The van der Waals surface area contributed by atoms with E-state index in [-0.39, 0.29) is 6.54 Å². The number of nitrogens with zero attached hydrogens (tertiary/aromatic N) is 1. The van der Waals surface area contributed by atoms with Gasteiger partial charge in [-0.1, -0.05) is 17.7 Å². The number of aryl methyl sites for hydroxylation is 1. The summed E-state index contributed by atoms with van der Waals surface area (Å²) in [5, 5.41) is 0. The van der Waals surface area contributed by atoms with Crippen LogP contribution in [0.15, 0.2) is 24.3 Å². The molecule has 0 unspecified atom stereocenters. The van der Waals surface area contributed by atoms with Crippen molar-refractivity contribution < 1.29 is 22.7 Å². The van der Waals surface area contributed by atoms with Gasteiger partial charge in [0.2, 0.25) is 0 Å². The second-order valence-electron chi connectivity index (χ2n) is 4.12. The molecular weight excluding hydrogens is 259 g/mol. The average molecular weight is 275 g/mol. The molecule has 19 heavy (non-hydrogen) atoms. The van der Waals surface area contributed by atoms with Gasteiger partial charge in [-0.05, 0) is 26.0 Å². The number of rotatable bonds is 5. The Kier molecular flexibility index (Phi) is 5.20. The topological polar surface area (TPSA) is 29.5 Å². The van der Waals surface area contributed by atoms with Crippen LogP contribution in [0.25, 0.3) is 0 Å². The molecule has 0 aliphatic heterocycles. The van der Waals surface area contributed by atoms with Crippen molar-refractivity contribution >= 4 is 5.91 Å². The molecule has 0 aliphatic carbocycles. The Morgan fingerprint density at radius 1 is 1.26 bits per heavy atom. The quantitative estimate of drug-likeness (QED) is 0.827. The van der Waals surface area contributed by atoms with Crippen LogP contribution in [0.1, 0.15) is 12.5 Å². The summed E-state index contributed by atoms with van der Waals surface area (Å²) < 4.78 is 41.8. The minimum atomic E-state index is -4.39. The van der Waals surface area contributed by atoms with E-state index in [0.717, 1.165) is 5.56 Å². The third-order valence-electron chi connectivity index (χ3n) is 2.49. The fourth-order valence-corrected chi connectivity index (χ4v) is 1.46. The van der Waals surface area contributed by atoms with Crippen molar-refractivity contribution in [3.63, 3.8) is 0 Å². The van der Waals surface area contributed by atoms with Crippen molar-refractivity contribution in [3.05, 3.63) is 29.8 Å². The molecular formula is C13H16F3NO2. The number of halogens is 3. The SMILES string of the molecule is CCN(CC(F)(F)F)C(=O)COc1ccc(C)cc1. The largest absolute Gasteiger partial charge is 0.484 e. The zero-order valence-corrected chi connectivity index (χ0v) is 10.8. The minimum Gasteiger partial charge on any atom is -0.484 e. The van der Waals surface area contributed by atoms with Crippen LogP contribution in [0.3, 0.4) is 0 Å². The maximum Gasteiger partial charge on any atom is 0.406 e. The van der Waals surface area contributed by atoms with E-state index < -0.39 is 25.2 Å². The summed E-state index contributed by atoms with van der Waals surface area (Å²) in [7, 11) is 0. The summed E-state index contributed by atoms with van der Waals surface area (Å²) in [5.41, 5.74) is 1.03. The first-order chi connectivity index (χ1) is 8.81. The molecule has 0 N–H and O–H groups in total. The number of carbonyl (C=O) groups excluding carboxylic acids is 1. The third-order valence-corrected chi connectivity index (χ3v) is 2.49. The van der Waals surface area contributed by atoms with Gasteiger partial charge in [0.15, 0.2) is 6.61 Å². The first-order valence-electron chi connectivity index (χ1n) is 5.86. The molecule has 3 nitrogen and oxygen atoms in total. The number of carbonyl (C=O) groups is 1. The van der Waals surface area contributed by atoms with Gasteiger partial charge in [0.05, 0.1) is 0 Å². The van der Waals surface area contributed by atoms with Crippen molar-refractivity contribution in [2.24, 2.45) is 0 Å². The highest BCUT2D eigenvalue weighted by Crippen LogP contribution is 2.17. The van der Waals surface area contributed by atoms with E-state index in [2.05, 4.69) is 0 Å². The molecule has 0 spiro atoms. The van der Waals surface area contributed by atoms with Crippen LogP contribution in [0.5, 0.6) is 5.75 Å². The highest BCUT2D eigenvalue weighted by Gasteiger charge is 2.32. The van der Waals surface area contributed by atoms with E-state index in [1.807, 2.05) is 6.92 Å². The first-order valence-corrected chi connectivity index (χ1v) is 5.86. The molecule has 1 aromatic rings. The van der Waals surface area contributed by atoms with Gasteiger partial charge in [-0.3, -0.25) is 4.79 Å². The first kappa shape index (κ1) is 15.3. The summed E-state index contributed by atoms with van der Waals surface area (Å²) in [6.45, 7) is 1.74. The minimum absolute atomic E-state index is 0.00436. The van der Waals surface area contributed by atoms with E-state index in [0.29, 0.717) is 10.6 Å². The smallest absolute Gasteiger partial charge is 0.406 e. The highest BCUT2D eigenvalue weighted by molar-refractivity contribution is 5.77. The van der Waals surface area contributed by atoms with Crippen LogP contribution < -0.4 is 4.74 Å². The number of hydrogen-bond acceptors (Lipinski definition) is 2. The second-order valence-corrected chi connectivity index (χ2v) is 4.12. The van der Waals surface area contributed by atoms with Gasteiger partial charge in [0, 0.05) is 6.54 Å². The maximum atomic E-state index is 12.2. The van der Waals surface area contributed by atoms with Gasteiger partial charge in [0.1, 0.15) is 12.3 Å². The summed E-state index contributed by atoms with van der Waals surface area (Å²) in [6, 6.07) is 6.94. The predicted octanol–water partition coefficient (Wildman–Crippen LogP) is 2.78. The van der Waals surface area contributed by atoms with Crippen molar-refractivity contribution in [3.8, 4) is 5.75 Å². The number of ether oxygens (including phenoxy) is 1. The zero-order chi connectivity index (χ0) is 14.5. The maximum absolute atomic E-state index is 12.2. The zero-order valence-electron chi connectivity index (χ0n) is 10.8. The molecule has 0 atom stereocenters. The lowest BCUT2D eigenvalue weighted by Gasteiger charge is -2.22. The van der Waals surface area contributed by atoms with E-state index in [4.69, 9.17) is 4.74 Å². The lowest BCUT2D eigenvalue weighted by molar-refractivity contribution is -0.161. The van der Waals surface area contributed by atoms with Gasteiger partial charge in [-0.2, -0.15) is 13.2 Å². The standard InChI is InChI=1S/C13H16F3NO2/c1-3-17(9-13(14,15)16)12(18)8-19-11-6-4-10(2)5-7-11/h4-7H,3,8-9H2,1-2H3. The molecule has 0 fully saturated rings. The molecule has 0 heterocycles. The molecule has 1 aromatic carbocycles. The normalized spacial score (nSPS) is 11.2. The van der Waals surface area contributed by atoms with Crippen molar-refractivity contribution in [2.75, 3.05) is 19.7 Å². The van der Waals surface area contributed by atoms with Crippen LogP contribution in [-0.4, -0.2) is 36.7 Å². The average Bonchev–Trinajstić information content (AvgIpc) is 2.34. The van der Waals surface area contributed by atoms with Gasteiger partial charge in [-0.25, -0.2) is 0 Å². The molecule has 0 saturated carbocycles. The Bertz CT molecular complexity index is 415. The number of alkyl halides is 3. The summed E-state index contributed by atoms with van der Waals surface area (Å²) in [5.74, 6) is -0.220. The van der Waals surface area contributed by atoms with Gasteiger partial charge >= 0.3 is 6.18 Å². The van der Waals surface area contributed by atoms with E-state index >= 15 is 0 Å². The van der Waals surface area contributed by atoms with E-state index in [1.165, 1.54) is 6.92 Å². The van der Waals surface area contributed by atoms with Crippen LogP contribution in [0.2, 0.25) is 0 Å². The summed E-state index contributed by atoms with van der Waals surface area (Å²) in [6.07, 6.45) is -4.39. The lowest BCUT2D eigenvalue weighted by Crippen LogP contribution is -2.41. The summed E-state index contributed by atoms with van der Waals surface area (Å²) >= 11 is 0. The third kappa shape index (κ3) is 5.63. The van der Waals surface area contributed by atoms with Gasteiger partial charge < -0.3 is 9.64 Å². The van der Waals surface area contributed by atoms with Crippen molar-refractivity contribution in [1.29, 1.82) is 0 Å². The fraction of sp³-hybridized carbons (Fsp3) is 0.462. The van der Waals surface area contributed by atoms with Crippen LogP contribution in [-0.2, 0) is 4.79 Å². The second kappa shape index (κ2) is 6.45. The fourth-order valence-electron chi connectivity index (χ4n) is 1.46. The van der Waals surface area contributed by atoms with Crippen molar-refractivity contribution in [1.82, 2.24) is 4.90 Å². The Morgan fingerprint density at radius 3 is 2.32 bits per heavy atom. The Balaban J connectivity index is 2.51. The monoisotopic (exact) mass is 275 g/mol. The molecule has 0 aromatic heterocycles. The molecule has 0 aliphatic rings. The number of likely N-dealkylation sites (N-methyl/N-ethyl adjacent to an activating group) is 1. The molecule has 6 heteroatoms. The summed E-state index contributed by atoms with van der Waals surface area (Å²) in [4.78, 5) is 12.3. The molecule has 106 valence electrons. The predicted molar refractivity (Wildman–Crippen MR) is 65.0 cm³/mol. The molecule has 1 amide bonds. The number of amides is 1. The van der Waals surface area contributed by atoms with Gasteiger partial charge in [0.25, 0.3) is 5.91 Å². The Morgan fingerprint density at radius 2 is 1.84 bits per heavy atom. The molecule has 0 bridgehead atoms. The van der Waals surface area contributed by atoms with E-state index in [9.17, 15) is 18.0 Å². The van der Waals surface area contributed by atoms with Crippen LogP contribution in [0, 0.1) is 6.92 Å². The molecule has 0 radical (unpaired) electrons.